The fourth-order valence-corrected chi connectivity index (χ4v) is 7.62. The highest BCUT2D eigenvalue weighted by Crippen LogP contribution is 2.55. The van der Waals surface area contributed by atoms with Crippen LogP contribution in [0.3, 0.4) is 0 Å². The van der Waals surface area contributed by atoms with Crippen LogP contribution in [0.25, 0.3) is 28.3 Å². The largest absolute Gasteiger partial charge is 0.463 e. The van der Waals surface area contributed by atoms with Gasteiger partial charge in [-0.1, -0.05) is 121 Å². The molecule has 0 amide bonds. The van der Waals surface area contributed by atoms with Crippen LogP contribution < -0.4 is 9.64 Å². The minimum absolute atomic E-state index is 0.362. The summed E-state index contributed by atoms with van der Waals surface area (Å²) in [5.41, 5.74) is 12.3. The van der Waals surface area contributed by atoms with Gasteiger partial charge in [-0.25, -0.2) is 0 Å². The molecule has 0 radical (unpaired) electrons. The fourth-order valence-electron chi connectivity index (χ4n) is 7.62. The lowest BCUT2D eigenvalue weighted by Crippen LogP contribution is -2.58. The molecule has 0 aliphatic carbocycles. The first-order chi connectivity index (χ1) is 23.9. The summed E-state index contributed by atoms with van der Waals surface area (Å²) < 4.78 is 6.84. The molecule has 6 aromatic carbocycles. The lowest BCUT2D eigenvalue weighted by molar-refractivity contribution is 0.0582. The highest BCUT2D eigenvalue weighted by atomic mass is 16.5. The lowest BCUT2D eigenvalue weighted by atomic mass is 9.75. The van der Waals surface area contributed by atoms with Gasteiger partial charge in [-0.05, 0) is 106 Å². The minimum Gasteiger partial charge on any atom is -0.463 e. The van der Waals surface area contributed by atoms with Gasteiger partial charge in [-0.15, -0.1) is 0 Å². The Balaban J connectivity index is 1.20. The molecule has 6 aromatic rings. The van der Waals surface area contributed by atoms with Crippen LogP contribution in [-0.4, -0.2) is 12.8 Å². The first kappa shape index (κ1) is 30.2. The molecule has 1 atom stereocenters. The lowest BCUT2D eigenvalue weighted by Gasteiger charge is -2.45. The average Bonchev–Trinajstić information content (AvgIpc) is 3.31. The summed E-state index contributed by atoms with van der Waals surface area (Å²) in [4.78, 5) is 2.25. The molecule has 0 saturated heterocycles. The van der Waals surface area contributed by atoms with Crippen molar-refractivity contribution in [2.24, 2.45) is 0 Å². The van der Waals surface area contributed by atoms with E-state index in [9.17, 15) is 5.26 Å². The smallest absolute Gasteiger partial charge is 0.211 e. The van der Waals surface area contributed by atoms with E-state index in [2.05, 4.69) is 177 Å². The van der Waals surface area contributed by atoms with E-state index in [-0.39, 0.29) is 5.41 Å². The number of hydrogen-bond donors (Lipinski definition) is 0. The molecule has 0 aromatic heterocycles. The number of nitrogens with zero attached hydrogens (tertiary/aromatic N) is 2. The third-order valence-corrected chi connectivity index (χ3v) is 10.3. The summed E-state index contributed by atoms with van der Waals surface area (Å²) in [6, 6.07) is 55.7. The molecule has 8 rings (SSSR count). The number of hydrogen-bond acceptors (Lipinski definition) is 3. The van der Waals surface area contributed by atoms with Crippen molar-refractivity contribution in [2.75, 3.05) is 11.9 Å². The molecule has 1 spiro atoms. The second-order valence-electron chi connectivity index (χ2n) is 13.3. The summed E-state index contributed by atoms with van der Waals surface area (Å²) in [6.07, 6.45) is 4.25. The van der Waals surface area contributed by atoms with Crippen molar-refractivity contribution in [1.82, 2.24) is 0 Å². The maximum atomic E-state index is 9.40. The highest BCUT2D eigenvalue weighted by molar-refractivity contribution is 6.04. The van der Waals surface area contributed by atoms with Crippen molar-refractivity contribution < 1.29 is 4.74 Å². The third-order valence-electron chi connectivity index (χ3n) is 10.3. The Morgan fingerprint density at radius 2 is 1.14 bits per heavy atom. The van der Waals surface area contributed by atoms with Crippen LogP contribution >= 0.6 is 0 Å². The molecule has 236 valence electrons. The van der Waals surface area contributed by atoms with Gasteiger partial charge >= 0.3 is 0 Å². The average molecular weight is 633 g/mol. The molecule has 0 saturated carbocycles. The minimum atomic E-state index is -0.695. The van der Waals surface area contributed by atoms with E-state index < -0.39 is 5.72 Å². The Kier molecular flexibility index (Phi) is 7.31. The van der Waals surface area contributed by atoms with Crippen LogP contribution in [0.4, 0.5) is 5.69 Å². The quantitative estimate of drug-likeness (QED) is 0.177. The summed E-state index contributed by atoms with van der Waals surface area (Å²) in [5, 5.41) is 9.40. The first-order valence-electron chi connectivity index (χ1n) is 16.7. The monoisotopic (exact) mass is 632 g/mol. The predicted molar refractivity (Wildman–Crippen MR) is 201 cm³/mol. The van der Waals surface area contributed by atoms with Gasteiger partial charge in [0.05, 0.1) is 17.0 Å². The molecule has 0 bridgehead atoms. The molecule has 2 aliphatic rings. The molecule has 2 heterocycles. The maximum absolute atomic E-state index is 9.40. The second-order valence-corrected chi connectivity index (χ2v) is 13.3. The van der Waals surface area contributed by atoms with E-state index in [1.165, 1.54) is 39.0 Å². The Labute approximate surface area is 288 Å². The van der Waals surface area contributed by atoms with Crippen molar-refractivity contribution in [3.8, 4) is 22.9 Å². The maximum Gasteiger partial charge on any atom is 0.211 e. The van der Waals surface area contributed by atoms with Gasteiger partial charge < -0.3 is 9.64 Å². The molecule has 3 heteroatoms. The summed E-state index contributed by atoms with van der Waals surface area (Å²) >= 11 is 0. The zero-order valence-corrected chi connectivity index (χ0v) is 27.9. The predicted octanol–water partition coefficient (Wildman–Crippen LogP) is 10.8. The van der Waals surface area contributed by atoms with Crippen molar-refractivity contribution in [2.45, 2.75) is 25.0 Å². The second kappa shape index (κ2) is 11.8. The fraction of sp³-hybridized carbons (Fsp3) is 0.109. The number of rotatable bonds is 5. The number of fused-ring (bicyclic) bond motifs is 2. The van der Waals surface area contributed by atoms with E-state index in [1.54, 1.807) is 0 Å². The molecular formula is C46H36N2O. The van der Waals surface area contributed by atoms with E-state index in [4.69, 9.17) is 4.74 Å². The van der Waals surface area contributed by atoms with Crippen LogP contribution in [0.15, 0.2) is 158 Å². The van der Waals surface area contributed by atoms with Gasteiger partial charge in [0.15, 0.2) is 0 Å². The normalized spacial score (nSPS) is 16.7. The zero-order valence-electron chi connectivity index (χ0n) is 27.9. The van der Waals surface area contributed by atoms with Gasteiger partial charge in [0.25, 0.3) is 0 Å². The van der Waals surface area contributed by atoms with Crippen molar-refractivity contribution in [1.29, 1.82) is 5.26 Å². The van der Waals surface area contributed by atoms with Crippen molar-refractivity contribution in [3.63, 3.8) is 0 Å². The SMILES string of the molecule is CN1c2ccc(-c3ccc(C(=C(c4ccccc4)c4ccccc4)c4ccccc4)cc3)cc2C(C)(C)[C@]12C=Cc1cc(C#N)ccc1O2. The van der Waals surface area contributed by atoms with Crippen LogP contribution in [-0.2, 0) is 5.41 Å². The Morgan fingerprint density at radius 1 is 0.612 bits per heavy atom. The molecule has 49 heavy (non-hydrogen) atoms. The Bertz CT molecular complexity index is 2240. The number of likely N-dealkylation sites (N-methyl/N-ethyl adjacent to an activating group) is 1. The number of ether oxygens (including phenoxy) is 1. The van der Waals surface area contributed by atoms with Gasteiger partial charge in [0.1, 0.15) is 5.75 Å². The van der Waals surface area contributed by atoms with Crippen LogP contribution in [0.5, 0.6) is 5.75 Å². The third kappa shape index (κ3) is 4.96. The first-order valence-corrected chi connectivity index (χ1v) is 16.7. The standard InChI is InChI=1S/C46H36N2O/c1-45(2)40-30-38(24-25-41(40)48(3)46(45)28-27-39-29-32(31-47)19-26-42(39)49-46)33-20-22-37(23-21-33)44(36-17-11-6-12-18-36)43(34-13-7-4-8-14-34)35-15-9-5-10-16-35/h4-30H,1-3H3/t46-/m1/s1. The summed E-state index contributed by atoms with van der Waals surface area (Å²) in [7, 11) is 2.11. The zero-order chi connectivity index (χ0) is 33.6. The van der Waals surface area contributed by atoms with E-state index in [1.807, 2.05) is 18.2 Å². The molecule has 0 fully saturated rings. The van der Waals surface area contributed by atoms with E-state index >= 15 is 0 Å². The molecule has 0 unspecified atom stereocenters. The highest BCUT2D eigenvalue weighted by Gasteiger charge is 2.57. The molecule has 3 nitrogen and oxygen atoms in total. The van der Waals surface area contributed by atoms with Crippen LogP contribution in [0, 0.1) is 11.3 Å². The van der Waals surface area contributed by atoms with Gasteiger partial charge in [-0.2, -0.15) is 5.26 Å². The van der Waals surface area contributed by atoms with Crippen LogP contribution in [0.1, 0.15) is 52.8 Å². The Morgan fingerprint density at radius 3 is 1.69 bits per heavy atom. The van der Waals surface area contributed by atoms with Crippen LogP contribution in [0.2, 0.25) is 0 Å². The number of benzene rings is 6. The molecule has 2 aliphatic heterocycles. The van der Waals surface area contributed by atoms with Gasteiger partial charge in [-0.3, -0.25) is 0 Å². The van der Waals surface area contributed by atoms with Crippen molar-refractivity contribution in [3.05, 3.63) is 197 Å². The van der Waals surface area contributed by atoms with Gasteiger partial charge in [0.2, 0.25) is 5.72 Å². The topological polar surface area (TPSA) is 36.3 Å². The number of nitriles is 1. The van der Waals surface area contributed by atoms with Gasteiger partial charge in [0, 0.05) is 18.3 Å². The van der Waals surface area contributed by atoms with Crippen molar-refractivity contribution >= 4 is 22.9 Å². The van der Waals surface area contributed by atoms with E-state index in [0.717, 1.165) is 28.1 Å². The summed E-state index contributed by atoms with van der Waals surface area (Å²) in [6.45, 7) is 4.51. The number of anilines is 1. The van der Waals surface area contributed by atoms with E-state index in [0.29, 0.717) is 5.56 Å². The molecular weight excluding hydrogens is 597 g/mol. The molecule has 0 N–H and O–H groups in total. The Hall–Kier alpha value is -6.11. The summed E-state index contributed by atoms with van der Waals surface area (Å²) in [5.74, 6) is 0.790.